The van der Waals surface area contributed by atoms with Crippen LogP contribution in [-0.4, -0.2) is 29.0 Å². The Labute approximate surface area is 163 Å². The molecule has 28 heavy (non-hydrogen) atoms. The summed E-state index contributed by atoms with van der Waals surface area (Å²) in [5.74, 6) is 0.597. The third-order valence-electron chi connectivity index (χ3n) is 4.79. The van der Waals surface area contributed by atoms with Crippen molar-refractivity contribution in [3.05, 3.63) is 66.6 Å². The Hall–Kier alpha value is -3.54. The standard InChI is InChI=1S/C22H22N4O2/c1-3-26(4-2)18-8-5-15(6-9-18)22(27)23-17-7-10-19-20(13-17)25-21(24-19)16-11-12-28-14-16/h5-14H,3-4H2,1-2H3,(H,23,27)(H,24,25). The van der Waals surface area contributed by atoms with Gasteiger partial charge < -0.3 is 19.6 Å². The second-order valence-electron chi connectivity index (χ2n) is 6.50. The summed E-state index contributed by atoms with van der Waals surface area (Å²) < 4.78 is 5.11. The molecule has 0 bridgehead atoms. The van der Waals surface area contributed by atoms with E-state index in [1.165, 1.54) is 0 Å². The molecule has 0 saturated heterocycles. The fourth-order valence-electron chi connectivity index (χ4n) is 3.24. The van der Waals surface area contributed by atoms with Gasteiger partial charge in [0.05, 0.1) is 22.9 Å². The lowest BCUT2D eigenvalue weighted by Gasteiger charge is -2.21. The number of benzene rings is 2. The summed E-state index contributed by atoms with van der Waals surface area (Å²) in [6.07, 6.45) is 3.25. The summed E-state index contributed by atoms with van der Waals surface area (Å²) in [5.41, 5.74) is 5.03. The van der Waals surface area contributed by atoms with Gasteiger partial charge in [-0.3, -0.25) is 4.79 Å². The van der Waals surface area contributed by atoms with Gasteiger partial charge in [-0.15, -0.1) is 0 Å². The third-order valence-corrected chi connectivity index (χ3v) is 4.79. The first-order valence-corrected chi connectivity index (χ1v) is 9.36. The highest BCUT2D eigenvalue weighted by molar-refractivity contribution is 6.05. The molecule has 2 N–H and O–H groups in total. The lowest BCUT2D eigenvalue weighted by molar-refractivity contribution is 0.102. The predicted octanol–water partition coefficient (Wildman–Crippen LogP) is 4.92. The Kier molecular flexibility index (Phi) is 4.85. The van der Waals surface area contributed by atoms with Gasteiger partial charge in [0, 0.05) is 30.0 Å². The molecule has 0 aliphatic rings. The number of imidazole rings is 1. The van der Waals surface area contributed by atoms with Crippen molar-refractivity contribution >= 4 is 28.3 Å². The number of nitrogens with one attached hydrogen (secondary N) is 2. The van der Waals surface area contributed by atoms with Gasteiger partial charge in [-0.2, -0.15) is 0 Å². The van der Waals surface area contributed by atoms with Crippen molar-refractivity contribution in [2.45, 2.75) is 13.8 Å². The average molecular weight is 374 g/mol. The maximum Gasteiger partial charge on any atom is 0.255 e. The summed E-state index contributed by atoms with van der Waals surface area (Å²) in [7, 11) is 0. The number of H-pyrrole nitrogens is 1. The SMILES string of the molecule is CCN(CC)c1ccc(C(=O)Nc2ccc3nc(-c4ccoc4)[nH]c3c2)cc1. The van der Waals surface area contributed by atoms with E-state index in [0.717, 1.165) is 41.2 Å². The van der Waals surface area contributed by atoms with E-state index in [-0.39, 0.29) is 5.91 Å². The topological polar surface area (TPSA) is 74.2 Å². The molecule has 6 nitrogen and oxygen atoms in total. The lowest BCUT2D eigenvalue weighted by Crippen LogP contribution is -2.21. The summed E-state index contributed by atoms with van der Waals surface area (Å²) in [6.45, 7) is 6.11. The minimum Gasteiger partial charge on any atom is -0.472 e. The predicted molar refractivity (Wildman–Crippen MR) is 112 cm³/mol. The second-order valence-corrected chi connectivity index (χ2v) is 6.50. The van der Waals surface area contributed by atoms with Crippen LogP contribution in [0.3, 0.4) is 0 Å². The first-order chi connectivity index (χ1) is 13.7. The van der Waals surface area contributed by atoms with E-state index in [4.69, 9.17) is 4.42 Å². The highest BCUT2D eigenvalue weighted by atomic mass is 16.3. The molecule has 142 valence electrons. The van der Waals surface area contributed by atoms with Crippen LogP contribution in [0.5, 0.6) is 0 Å². The van der Waals surface area contributed by atoms with Gasteiger partial charge in [-0.05, 0) is 62.4 Å². The molecule has 0 unspecified atom stereocenters. The van der Waals surface area contributed by atoms with Crippen LogP contribution in [0.2, 0.25) is 0 Å². The zero-order valence-electron chi connectivity index (χ0n) is 15.9. The van der Waals surface area contributed by atoms with Crippen molar-refractivity contribution in [3.8, 4) is 11.4 Å². The number of anilines is 2. The van der Waals surface area contributed by atoms with E-state index >= 15 is 0 Å². The number of rotatable bonds is 6. The fraction of sp³-hybridized carbons (Fsp3) is 0.182. The third kappa shape index (κ3) is 3.49. The zero-order valence-corrected chi connectivity index (χ0v) is 15.9. The van der Waals surface area contributed by atoms with Crippen LogP contribution in [0.4, 0.5) is 11.4 Å². The molecule has 0 spiro atoms. The van der Waals surface area contributed by atoms with Crippen LogP contribution < -0.4 is 10.2 Å². The Morgan fingerprint density at radius 1 is 1.11 bits per heavy atom. The molecule has 0 atom stereocenters. The van der Waals surface area contributed by atoms with Gasteiger partial charge in [-0.1, -0.05) is 0 Å². The number of hydrogen-bond donors (Lipinski definition) is 2. The molecule has 2 aromatic heterocycles. The number of furan rings is 1. The number of aromatic nitrogens is 2. The Morgan fingerprint density at radius 3 is 2.57 bits per heavy atom. The number of amides is 1. The smallest absolute Gasteiger partial charge is 0.255 e. The largest absolute Gasteiger partial charge is 0.472 e. The number of aromatic amines is 1. The van der Waals surface area contributed by atoms with Gasteiger partial charge in [0.1, 0.15) is 12.1 Å². The molecule has 0 saturated carbocycles. The maximum atomic E-state index is 12.6. The summed E-state index contributed by atoms with van der Waals surface area (Å²) in [6, 6.07) is 15.1. The molecule has 6 heteroatoms. The van der Waals surface area contributed by atoms with Crippen molar-refractivity contribution in [2.24, 2.45) is 0 Å². The normalized spacial score (nSPS) is 10.9. The van der Waals surface area contributed by atoms with Gasteiger partial charge in [0.2, 0.25) is 0 Å². The van der Waals surface area contributed by atoms with E-state index in [1.807, 2.05) is 48.5 Å². The van der Waals surface area contributed by atoms with E-state index < -0.39 is 0 Å². The van der Waals surface area contributed by atoms with Crippen molar-refractivity contribution in [1.29, 1.82) is 0 Å². The maximum absolute atomic E-state index is 12.6. The highest BCUT2D eigenvalue weighted by Crippen LogP contribution is 2.23. The first kappa shape index (κ1) is 17.9. The zero-order chi connectivity index (χ0) is 19.5. The molecule has 0 aliphatic carbocycles. The first-order valence-electron chi connectivity index (χ1n) is 9.36. The number of carbonyl (C=O) groups is 1. The van der Waals surface area contributed by atoms with E-state index in [2.05, 4.69) is 34.0 Å². The van der Waals surface area contributed by atoms with E-state index in [1.54, 1.807) is 12.5 Å². The number of carbonyl (C=O) groups excluding carboxylic acids is 1. The van der Waals surface area contributed by atoms with Crippen molar-refractivity contribution in [1.82, 2.24) is 9.97 Å². The van der Waals surface area contributed by atoms with Gasteiger partial charge in [0.15, 0.2) is 0 Å². The van der Waals surface area contributed by atoms with Crippen LogP contribution in [0.15, 0.2) is 65.5 Å². The lowest BCUT2D eigenvalue weighted by atomic mass is 10.1. The van der Waals surface area contributed by atoms with Gasteiger partial charge >= 0.3 is 0 Å². The molecule has 4 aromatic rings. The monoisotopic (exact) mass is 374 g/mol. The molecular formula is C22H22N4O2. The molecule has 2 aromatic carbocycles. The van der Waals surface area contributed by atoms with E-state index in [9.17, 15) is 4.79 Å². The van der Waals surface area contributed by atoms with Crippen LogP contribution in [-0.2, 0) is 0 Å². The van der Waals surface area contributed by atoms with Crippen molar-refractivity contribution in [2.75, 3.05) is 23.3 Å². The van der Waals surface area contributed by atoms with Crippen molar-refractivity contribution in [3.63, 3.8) is 0 Å². The van der Waals surface area contributed by atoms with Crippen LogP contribution >= 0.6 is 0 Å². The Bertz CT molecular complexity index is 1080. The molecule has 1 amide bonds. The molecule has 0 fully saturated rings. The Morgan fingerprint density at radius 2 is 1.89 bits per heavy atom. The quantitative estimate of drug-likeness (QED) is 0.502. The van der Waals surface area contributed by atoms with E-state index in [0.29, 0.717) is 11.3 Å². The molecule has 0 aliphatic heterocycles. The molecular weight excluding hydrogens is 352 g/mol. The fourth-order valence-corrected chi connectivity index (χ4v) is 3.24. The van der Waals surface area contributed by atoms with Crippen LogP contribution in [0.1, 0.15) is 24.2 Å². The van der Waals surface area contributed by atoms with Crippen molar-refractivity contribution < 1.29 is 9.21 Å². The number of nitrogens with zero attached hydrogens (tertiary/aromatic N) is 2. The molecule has 2 heterocycles. The highest BCUT2D eigenvalue weighted by Gasteiger charge is 2.10. The molecule has 4 rings (SSSR count). The van der Waals surface area contributed by atoms with Crippen LogP contribution in [0, 0.1) is 0 Å². The summed E-state index contributed by atoms with van der Waals surface area (Å²) >= 11 is 0. The minimum atomic E-state index is -0.139. The van der Waals surface area contributed by atoms with Crippen LogP contribution in [0.25, 0.3) is 22.4 Å². The molecule has 0 radical (unpaired) electrons. The number of hydrogen-bond acceptors (Lipinski definition) is 4. The summed E-state index contributed by atoms with van der Waals surface area (Å²) in [4.78, 5) is 22.6. The second kappa shape index (κ2) is 7.60. The summed E-state index contributed by atoms with van der Waals surface area (Å²) in [5, 5.41) is 2.95. The average Bonchev–Trinajstić information content (AvgIpc) is 3.38. The Balaban J connectivity index is 1.51. The minimum absolute atomic E-state index is 0.139. The number of fused-ring (bicyclic) bond motifs is 1. The van der Waals surface area contributed by atoms with Gasteiger partial charge in [-0.25, -0.2) is 4.98 Å². The van der Waals surface area contributed by atoms with Gasteiger partial charge in [0.25, 0.3) is 5.91 Å².